The number of rotatable bonds is 5. The SMILES string of the molecule is Cc1nn(CC(NC(C)C)C(=O)O)c(C)c1C. The van der Waals surface area contributed by atoms with E-state index in [1.807, 2.05) is 34.6 Å². The Hall–Kier alpha value is -1.36. The summed E-state index contributed by atoms with van der Waals surface area (Å²) in [6.07, 6.45) is 0. The molecular formula is C12H21N3O2. The van der Waals surface area contributed by atoms with Gasteiger partial charge in [-0.1, -0.05) is 13.8 Å². The predicted octanol–water partition coefficient (Wildman–Crippen LogP) is 1.26. The van der Waals surface area contributed by atoms with E-state index in [1.165, 1.54) is 0 Å². The molecule has 96 valence electrons. The normalized spacial score (nSPS) is 13.1. The molecule has 0 aliphatic rings. The number of aliphatic carboxylic acids is 1. The van der Waals surface area contributed by atoms with Crippen LogP contribution in [0.15, 0.2) is 0 Å². The quantitative estimate of drug-likeness (QED) is 0.811. The lowest BCUT2D eigenvalue weighted by Crippen LogP contribution is -2.44. The smallest absolute Gasteiger partial charge is 0.322 e. The van der Waals surface area contributed by atoms with Gasteiger partial charge in [-0.15, -0.1) is 0 Å². The highest BCUT2D eigenvalue weighted by Gasteiger charge is 2.20. The van der Waals surface area contributed by atoms with Crippen molar-refractivity contribution < 1.29 is 9.90 Å². The average molecular weight is 239 g/mol. The number of nitrogens with one attached hydrogen (secondary N) is 1. The molecule has 0 aliphatic carbocycles. The Balaban J connectivity index is 2.86. The van der Waals surface area contributed by atoms with E-state index >= 15 is 0 Å². The molecule has 1 heterocycles. The van der Waals surface area contributed by atoms with Gasteiger partial charge in [-0.2, -0.15) is 5.10 Å². The number of carboxylic acids is 1. The van der Waals surface area contributed by atoms with E-state index in [2.05, 4.69) is 10.4 Å². The zero-order valence-electron chi connectivity index (χ0n) is 11.1. The molecule has 0 bridgehead atoms. The maximum Gasteiger partial charge on any atom is 0.322 e. The molecule has 2 N–H and O–H groups in total. The van der Waals surface area contributed by atoms with Crippen LogP contribution in [0.2, 0.25) is 0 Å². The molecule has 1 aromatic rings. The van der Waals surface area contributed by atoms with Crippen LogP contribution in [-0.2, 0) is 11.3 Å². The van der Waals surface area contributed by atoms with Gasteiger partial charge in [-0.05, 0) is 26.3 Å². The Morgan fingerprint density at radius 1 is 1.41 bits per heavy atom. The van der Waals surface area contributed by atoms with Crippen molar-refractivity contribution in [2.45, 2.75) is 53.2 Å². The minimum Gasteiger partial charge on any atom is -0.480 e. The van der Waals surface area contributed by atoms with Crippen LogP contribution < -0.4 is 5.32 Å². The minimum absolute atomic E-state index is 0.133. The summed E-state index contributed by atoms with van der Waals surface area (Å²) in [4.78, 5) is 11.1. The Kier molecular flexibility index (Phi) is 4.28. The molecule has 0 spiro atoms. The fourth-order valence-corrected chi connectivity index (χ4v) is 1.74. The lowest BCUT2D eigenvalue weighted by molar-refractivity contribution is -0.140. The molecule has 0 saturated carbocycles. The van der Waals surface area contributed by atoms with E-state index < -0.39 is 12.0 Å². The second kappa shape index (κ2) is 5.31. The Bertz CT molecular complexity index is 410. The first kappa shape index (κ1) is 13.7. The molecule has 0 amide bonds. The second-order valence-electron chi connectivity index (χ2n) is 4.69. The molecule has 1 unspecified atom stereocenters. The largest absolute Gasteiger partial charge is 0.480 e. The van der Waals surface area contributed by atoms with E-state index in [9.17, 15) is 4.79 Å². The molecule has 1 rings (SSSR count). The lowest BCUT2D eigenvalue weighted by Gasteiger charge is -2.18. The zero-order valence-corrected chi connectivity index (χ0v) is 11.1. The van der Waals surface area contributed by atoms with Crippen molar-refractivity contribution in [2.75, 3.05) is 0 Å². The van der Waals surface area contributed by atoms with E-state index in [0.29, 0.717) is 6.54 Å². The van der Waals surface area contributed by atoms with Crippen molar-refractivity contribution >= 4 is 5.97 Å². The number of aryl methyl sites for hydroxylation is 1. The van der Waals surface area contributed by atoms with Gasteiger partial charge in [0.05, 0.1) is 12.2 Å². The van der Waals surface area contributed by atoms with E-state index in [1.54, 1.807) is 4.68 Å². The van der Waals surface area contributed by atoms with Crippen molar-refractivity contribution in [3.8, 4) is 0 Å². The number of hydrogen-bond donors (Lipinski definition) is 2. The van der Waals surface area contributed by atoms with Crippen LogP contribution in [-0.4, -0.2) is 32.9 Å². The van der Waals surface area contributed by atoms with Crippen molar-refractivity contribution in [2.24, 2.45) is 0 Å². The number of aromatic nitrogens is 2. The van der Waals surface area contributed by atoms with E-state index in [0.717, 1.165) is 17.0 Å². The van der Waals surface area contributed by atoms with Gasteiger partial charge in [0, 0.05) is 11.7 Å². The lowest BCUT2D eigenvalue weighted by atomic mass is 10.2. The summed E-state index contributed by atoms with van der Waals surface area (Å²) in [5.41, 5.74) is 3.11. The van der Waals surface area contributed by atoms with Crippen LogP contribution in [0.4, 0.5) is 0 Å². The molecule has 0 aromatic carbocycles. The van der Waals surface area contributed by atoms with Crippen LogP contribution in [0.25, 0.3) is 0 Å². The van der Waals surface area contributed by atoms with Gasteiger partial charge in [0.15, 0.2) is 0 Å². The number of nitrogens with zero attached hydrogens (tertiary/aromatic N) is 2. The third-order valence-corrected chi connectivity index (χ3v) is 2.93. The maximum atomic E-state index is 11.1. The van der Waals surface area contributed by atoms with Crippen molar-refractivity contribution in [3.63, 3.8) is 0 Å². The molecule has 5 nitrogen and oxygen atoms in total. The van der Waals surface area contributed by atoms with Gasteiger partial charge in [0.25, 0.3) is 0 Å². The highest BCUT2D eigenvalue weighted by Crippen LogP contribution is 2.11. The number of carbonyl (C=O) groups is 1. The average Bonchev–Trinajstić information content (AvgIpc) is 2.44. The first-order valence-corrected chi connectivity index (χ1v) is 5.82. The molecule has 0 radical (unpaired) electrons. The van der Waals surface area contributed by atoms with Gasteiger partial charge >= 0.3 is 5.97 Å². The van der Waals surface area contributed by atoms with Gasteiger partial charge in [-0.3, -0.25) is 9.48 Å². The summed E-state index contributed by atoms with van der Waals surface area (Å²) in [5, 5.41) is 16.5. The van der Waals surface area contributed by atoms with Gasteiger partial charge in [-0.25, -0.2) is 0 Å². The highest BCUT2D eigenvalue weighted by atomic mass is 16.4. The molecule has 0 aliphatic heterocycles. The molecular weight excluding hydrogens is 218 g/mol. The van der Waals surface area contributed by atoms with Crippen LogP contribution in [0.5, 0.6) is 0 Å². The first-order valence-electron chi connectivity index (χ1n) is 5.82. The Labute approximate surface area is 102 Å². The molecule has 5 heteroatoms. The van der Waals surface area contributed by atoms with E-state index in [4.69, 9.17) is 5.11 Å². The highest BCUT2D eigenvalue weighted by molar-refractivity contribution is 5.73. The Morgan fingerprint density at radius 2 is 2.00 bits per heavy atom. The van der Waals surface area contributed by atoms with Crippen LogP contribution >= 0.6 is 0 Å². The summed E-state index contributed by atoms with van der Waals surface area (Å²) in [6.45, 7) is 10.1. The van der Waals surface area contributed by atoms with Crippen molar-refractivity contribution in [1.82, 2.24) is 15.1 Å². The fourth-order valence-electron chi connectivity index (χ4n) is 1.74. The van der Waals surface area contributed by atoms with Crippen LogP contribution in [0.3, 0.4) is 0 Å². The fraction of sp³-hybridized carbons (Fsp3) is 0.667. The summed E-state index contributed by atoms with van der Waals surface area (Å²) in [6, 6.07) is -0.471. The molecule has 17 heavy (non-hydrogen) atoms. The molecule has 0 fully saturated rings. The first-order chi connectivity index (χ1) is 7.82. The maximum absolute atomic E-state index is 11.1. The monoisotopic (exact) mass is 239 g/mol. The minimum atomic E-state index is -0.844. The van der Waals surface area contributed by atoms with Gasteiger partial charge in [0.1, 0.15) is 6.04 Å². The third-order valence-electron chi connectivity index (χ3n) is 2.93. The summed E-state index contributed by atoms with van der Waals surface area (Å²) in [5.74, 6) is -0.844. The second-order valence-corrected chi connectivity index (χ2v) is 4.69. The van der Waals surface area contributed by atoms with Crippen LogP contribution in [0, 0.1) is 20.8 Å². The number of hydrogen-bond acceptors (Lipinski definition) is 3. The van der Waals surface area contributed by atoms with E-state index in [-0.39, 0.29) is 6.04 Å². The standard InChI is InChI=1S/C12H21N3O2/c1-7(2)13-11(12(16)17)6-15-10(5)8(3)9(4)14-15/h7,11,13H,6H2,1-5H3,(H,16,17). The summed E-state index contributed by atoms with van der Waals surface area (Å²) >= 11 is 0. The molecule has 1 aromatic heterocycles. The van der Waals surface area contributed by atoms with Crippen molar-refractivity contribution in [3.05, 3.63) is 17.0 Å². The topological polar surface area (TPSA) is 67.2 Å². The van der Waals surface area contributed by atoms with Crippen LogP contribution in [0.1, 0.15) is 30.8 Å². The third kappa shape index (κ3) is 3.30. The van der Waals surface area contributed by atoms with Gasteiger partial charge in [0.2, 0.25) is 0 Å². The zero-order chi connectivity index (χ0) is 13.2. The predicted molar refractivity (Wildman–Crippen MR) is 66.1 cm³/mol. The molecule has 1 atom stereocenters. The number of carboxylic acid groups (broad SMARTS) is 1. The van der Waals surface area contributed by atoms with Gasteiger partial charge < -0.3 is 10.4 Å². The summed E-state index contributed by atoms with van der Waals surface area (Å²) < 4.78 is 1.76. The molecule has 0 saturated heterocycles. The summed E-state index contributed by atoms with van der Waals surface area (Å²) in [7, 11) is 0. The van der Waals surface area contributed by atoms with Crippen molar-refractivity contribution in [1.29, 1.82) is 0 Å². The Morgan fingerprint density at radius 3 is 2.35 bits per heavy atom.